The molecule has 0 bridgehead atoms. The summed E-state index contributed by atoms with van der Waals surface area (Å²) in [4.78, 5) is 38.4. The third-order valence-corrected chi connectivity index (χ3v) is 15.5. The third-order valence-electron chi connectivity index (χ3n) is 15.5. The van der Waals surface area contributed by atoms with E-state index in [2.05, 4.69) is 118 Å². The summed E-state index contributed by atoms with van der Waals surface area (Å²) in [7, 11) is 0. The maximum absolute atomic E-state index is 13.0. The van der Waals surface area contributed by atoms with Crippen LogP contribution >= 0.6 is 0 Å². The fraction of sp³-hybridized carbons (Fsp3) is 0.753. The van der Waals surface area contributed by atoms with Crippen LogP contribution in [0.4, 0.5) is 0 Å². The largest absolute Gasteiger partial charge is 0.462 e. The van der Waals surface area contributed by atoms with Crippen molar-refractivity contribution in [2.45, 2.75) is 361 Å². The fourth-order valence-electron chi connectivity index (χ4n) is 10.2. The molecule has 0 aromatic heterocycles. The van der Waals surface area contributed by atoms with Crippen LogP contribution in [-0.2, 0) is 28.6 Å². The Balaban J connectivity index is 4.30. The SMILES string of the molecule is CC/C=C\C/C=C\C/C=C\C/C=C\C/C=C\C/C=C\CCCCCCCCCCC(=O)OCC(COC(=O)CCCCCCC/C=C\CCCCCC)OC(=O)CCCCCCCCCCCCCCC/C=C\CCCCCCCCCC. The van der Waals surface area contributed by atoms with Gasteiger partial charge in [-0.1, -0.05) is 311 Å². The van der Waals surface area contributed by atoms with Gasteiger partial charge in [-0.05, 0) is 122 Å². The Labute approximate surface area is 515 Å². The van der Waals surface area contributed by atoms with Crippen LogP contribution in [0.15, 0.2) is 97.2 Å². The van der Waals surface area contributed by atoms with Crippen LogP contribution in [-0.4, -0.2) is 37.2 Å². The van der Waals surface area contributed by atoms with Gasteiger partial charge in [0.1, 0.15) is 13.2 Å². The number of ether oxygens (including phenoxy) is 3. The molecule has 0 aliphatic carbocycles. The number of rotatable bonds is 65. The molecule has 0 aromatic rings. The van der Waals surface area contributed by atoms with Crippen molar-refractivity contribution in [3.8, 4) is 0 Å². The molecule has 0 aliphatic heterocycles. The number of hydrogen-bond acceptors (Lipinski definition) is 6. The minimum absolute atomic E-state index is 0.0822. The molecule has 0 saturated heterocycles. The molecule has 0 heterocycles. The molecule has 0 spiro atoms. The second-order valence-electron chi connectivity index (χ2n) is 23.8. The summed E-state index contributed by atoms with van der Waals surface area (Å²) in [6.07, 6.45) is 95.8. The van der Waals surface area contributed by atoms with Crippen LogP contribution in [0, 0.1) is 0 Å². The second-order valence-corrected chi connectivity index (χ2v) is 23.8. The maximum atomic E-state index is 13.0. The molecule has 6 heteroatoms. The van der Waals surface area contributed by atoms with Gasteiger partial charge in [0.15, 0.2) is 6.10 Å². The first kappa shape index (κ1) is 79.3. The van der Waals surface area contributed by atoms with Crippen molar-refractivity contribution >= 4 is 17.9 Å². The van der Waals surface area contributed by atoms with E-state index in [1.807, 2.05) is 0 Å². The van der Waals surface area contributed by atoms with Crippen LogP contribution < -0.4 is 0 Å². The monoisotopic (exact) mass is 1160 g/mol. The highest BCUT2D eigenvalue weighted by Crippen LogP contribution is 2.17. The summed E-state index contributed by atoms with van der Waals surface area (Å²) in [6, 6.07) is 0. The van der Waals surface area contributed by atoms with Crippen LogP contribution in [0.25, 0.3) is 0 Å². The zero-order valence-electron chi connectivity index (χ0n) is 54.9. The van der Waals surface area contributed by atoms with Gasteiger partial charge in [0.2, 0.25) is 0 Å². The Morgan fingerprint density at radius 1 is 0.253 bits per heavy atom. The highest BCUT2D eigenvalue weighted by atomic mass is 16.6. The van der Waals surface area contributed by atoms with Gasteiger partial charge in [-0.25, -0.2) is 0 Å². The first-order chi connectivity index (χ1) is 41.0. The van der Waals surface area contributed by atoms with E-state index in [-0.39, 0.29) is 31.1 Å². The smallest absolute Gasteiger partial charge is 0.306 e. The van der Waals surface area contributed by atoms with Gasteiger partial charge in [-0.15, -0.1) is 0 Å². The van der Waals surface area contributed by atoms with Gasteiger partial charge in [0.05, 0.1) is 0 Å². The van der Waals surface area contributed by atoms with Crippen molar-refractivity contribution < 1.29 is 28.6 Å². The van der Waals surface area contributed by atoms with Gasteiger partial charge >= 0.3 is 17.9 Å². The standard InChI is InChI=1S/C77H134O6/c1-4-7-10-13-16-19-22-25-27-29-31-33-35-37-38-40-41-43-45-47-49-52-55-58-61-64-67-70-76(79)82-73-74(72-81-75(78)69-66-63-60-57-54-51-24-21-18-15-12-9-6-3)83-77(80)71-68-65-62-59-56-53-50-48-46-44-42-39-36-34-32-30-28-26-23-20-17-14-11-8-5-2/h7,10,16,19,21,24-25,27,30-33,37-38,41,43,74H,4-6,8-9,11-15,17-18,20,22-23,26,28-29,34-36,39-40,42,44-73H2,1-3H3/b10-7-,19-16-,24-21-,27-25-,32-30-,33-31-,38-37-,43-41-. The normalized spacial score (nSPS) is 12.7. The number of carbonyl (C=O) groups is 3. The van der Waals surface area contributed by atoms with Crippen molar-refractivity contribution in [2.24, 2.45) is 0 Å². The summed E-state index contributed by atoms with van der Waals surface area (Å²) >= 11 is 0. The molecule has 478 valence electrons. The molecule has 83 heavy (non-hydrogen) atoms. The average molecular weight is 1160 g/mol. The minimum Gasteiger partial charge on any atom is -0.462 e. The van der Waals surface area contributed by atoms with Crippen LogP contribution in [0.5, 0.6) is 0 Å². The molecule has 0 aromatic carbocycles. The molecule has 1 atom stereocenters. The molecule has 0 N–H and O–H groups in total. The Bertz CT molecular complexity index is 1610. The predicted octanol–water partition coefficient (Wildman–Crippen LogP) is 24.8. The van der Waals surface area contributed by atoms with E-state index in [0.717, 1.165) is 109 Å². The summed E-state index contributed by atoms with van der Waals surface area (Å²) in [5.74, 6) is -0.883. The van der Waals surface area contributed by atoms with E-state index < -0.39 is 6.10 Å². The first-order valence-electron chi connectivity index (χ1n) is 35.7. The lowest BCUT2D eigenvalue weighted by Crippen LogP contribution is -2.30. The van der Waals surface area contributed by atoms with Crippen molar-refractivity contribution in [1.82, 2.24) is 0 Å². The Hall–Kier alpha value is -3.67. The fourth-order valence-corrected chi connectivity index (χ4v) is 10.2. The highest BCUT2D eigenvalue weighted by Gasteiger charge is 2.19. The van der Waals surface area contributed by atoms with E-state index in [9.17, 15) is 14.4 Å². The maximum Gasteiger partial charge on any atom is 0.306 e. The third kappa shape index (κ3) is 69.0. The molecule has 0 rings (SSSR count). The van der Waals surface area contributed by atoms with E-state index >= 15 is 0 Å². The Morgan fingerprint density at radius 3 is 0.759 bits per heavy atom. The van der Waals surface area contributed by atoms with Crippen LogP contribution in [0.3, 0.4) is 0 Å². The molecule has 0 saturated carbocycles. The van der Waals surface area contributed by atoms with Gasteiger partial charge < -0.3 is 14.2 Å². The molecule has 0 fully saturated rings. The van der Waals surface area contributed by atoms with E-state index in [1.54, 1.807) is 0 Å². The zero-order chi connectivity index (χ0) is 59.9. The lowest BCUT2D eigenvalue weighted by molar-refractivity contribution is -0.167. The molecular weight excluding hydrogens is 1020 g/mol. The van der Waals surface area contributed by atoms with Crippen molar-refractivity contribution in [3.63, 3.8) is 0 Å². The number of allylic oxidation sites excluding steroid dienone is 16. The molecule has 6 nitrogen and oxygen atoms in total. The van der Waals surface area contributed by atoms with Gasteiger partial charge in [-0.2, -0.15) is 0 Å². The zero-order valence-corrected chi connectivity index (χ0v) is 54.9. The molecule has 1 unspecified atom stereocenters. The second kappa shape index (κ2) is 70.8. The number of hydrogen-bond donors (Lipinski definition) is 0. The van der Waals surface area contributed by atoms with Crippen molar-refractivity contribution in [2.75, 3.05) is 13.2 Å². The minimum atomic E-state index is -0.786. The first-order valence-corrected chi connectivity index (χ1v) is 35.7. The molecule has 0 aliphatic rings. The van der Waals surface area contributed by atoms with Gasteiger partial charge in [0, 0.05) is 19.3 Å². The summed E-state index contributed by atoms with van der Waals surface area (Å²) < 4.78 is 17.0. The number of esters is 3. The average Bonchev–Trinajstić information content (AvgIpc) is 3.49. The predicted molar refractivity (Wildman–Crippen MR) is 362 cm³/mol. The molecular formula is C77H134O6. The molecule has 0 amide bonds. The lowest BCUT2D eigenvalue weighted by atomic mass is 10.0. The topological polar surface area (TPSA) is 78.9 Å². The Morgan fingerprint density at radius 2 is 0.470 bits per heavy atom. The Kier molecular flexibility index (Phi) is 67.7. The lowest BCUT2D eigenvalue weighted by Gasteiger charge is -2.18. The quantitative estimate of drug-likeness (QED) is 0.0261. The van der Waals surface area contributed by atoms with Gasteiger partial charge in [0.25, 0.3) is 0 Å². The van der Waals surface area contributed by atoms with Crippen molar-refractivity contribution in [3.05, 3.63) is 97.2 Å². The molecule has 0 radical (unpaired) electrons. The number of unbranched alkanes of at least 4 members (excludes halogenated alkanes) is 38. The summed E-state index contributed by atoms with van der Waals surface area (Å²) in [5, 5.41) is 0. The van der Waals surface area contributed by atoms with Crippen LogP contribution in [0.1, 0.15) is 355 Å². The van der Waals surface area contributed by atoms with Crippen LogP contribution in [0.2, 0.25) is 0 Å². The summed E-state index contributed by atoms with van der Waals surface area (Å²) in [6.45, 7) is 6.54. The van der Waals surface area contributed by atoms with E-state index in [1.165, 1.54) is 205 Å². The van der Waals surface area contributed by atoms with E-state index in [0.29, 0.717) is 19.3 Å². The highest BCUT2D eigenvalue weighted by molar-refractivity contribution is 5.71. The van der Waals surface area contributed by atoms with Gasteiger partial charge in [-0.3, -0.25) is 14.4 Å². The van der Waals surface area contributed by atoms with Crippen molar-refractivity contribution in [1.29, 1.82) is 0 Å². The number of carbonyl (C=O) groups excluding carboxylic acids is 3. The summed E-state index contributed by atoms with van der Waals surface area (Å²) in [5.41, 5.74) is 0. The van der Waals surface area contributed by atoms with E-state index in [4.69, 9.17) is 14.2 Å².